The van der Waals surface area contributed by atoms with Crippen molar-refractivity contribution in [2.24, 2.45) is 0 Å². The maximum absolute atomic E-state index is 10.3. The van der Waals surface area contributed by atoms with Crippen LogP contribution in [-0.4, -0.2) is 11.7 Å². The van der Waals surface area contributed by atoms with Gasteiger partial charge < -0.3 is 14.6 Å². The lowest BCUT2D eigenvalue weighted by molar-refractivity contribution is 0.0656. The lowest BCUT2D eigenvalue weighted by Crippen LogP contribution is -2.19. The molecule has 4 heteroatoms. The third-order valence-corrected chi connectivity index (χ3v) is 3.81. The number of halogens is 1. The van der Waals surface area contributed by atoms with Crippen LogP contribution in [0.25, 0.3) is 0 Å². The summed E-state index contributed by atoms with van der Waals surface area (Å²) in [7, 11) is 0. The summed E-state index contributed by atoms with van der Waals surface area (Å²) in [5.74, 6) is 1.50. The highest BCUT2D eigenvalue weighted by atomic mass is 35.5. The van der Waals surface area contributed by atoms with Gasteiger partial charge >= 0.3 is 0 Å². The summed E-state index contributed by atoms with van der Waals surface area (Å²) in [5, 5.41) is 10.9. The normalized spacial score (nSPS) is 20.5. The number of benzene rings is 2. The van der Waals surface area contributed by atoms with Gasteiger partial charge in [0.2, 0.25) is 0 Å². The highest BCUT2D eigenvalue weighted by Crippen LogP contribution is 2.42. The summed E-state index contributed by atoms with van der Waals surface area (Å²) in [4.78, 5) is 0. The SMILES string of the molecule is CCOc1cccc(C2C[C@H](O)c3cc(Cl)ccc3O2)c1. The smallest absolute Gasteiger partial charge is 0.127 e. The molecule has 0 amide bonds. The molecule has 1 N–H and O–H groups in total. The van der Waals surface area contributed by atoms with Gasteiger partial charge in [-0.15, -0.1) is 0 Å². The van der Waals surface area contributed by atoms with Crippen molar-refractivity contribution in [3.05, 3.63) is 58.6 Å². The van der Waals surface area contributed by atoms with Gasteiger partial charge in [-0.1, -0.05) is 23.7 Å². The van der Waals surface area contributed by atoms with Crippen LogP contribution in [0.3, 0.4) is 0 Å². The predicted molar refractivity (Wildman–Crippen MR) is 82.0 cm³/mol. The van der Waals surface area contributed by atoms with E-state index in [1.165, 1.54) is 0 Å². The third-order valence-electron chi connectivity index (χ3n) is 3.58. The summed E-state index contributed by atoms with van der Waals surface area (Å²) in [5.41, 5.74) is 1.75. The third kappa shape index (κ3) is 2.99. The monoisotopic (exact) mass is 304 g/mol. The fraction of sp³-hybridized carbons (Fsp3) is 0.294. The van der Waals surface area contributed by atoms with Crippen LogP contribution in [0.2, 0.25) is 5.02 Å². The van der Waals surface area contributed by atoms with Crippen LogP contribution >= 0.6 is 11.6 Å². The lowest BCUT2D eigenvalue weighted by atomic mass is 9.95. The number of hydrogen-bond donors (Lipinski definition) is 1. The minimum absolute atomic E-state index is 0.186. The Labute approximate surface area is 129 Å². The fourth-order valence-electron chi connectivity index (χ4n) is 2.59. The zero-order valence-electron chi connectivity index (χ0n) is 11.8. The molecule has 2 aromatic carbocycles. The van der Waals surface area contributed by atoms with Gasteiger partial charge in [0.1, 0.15) is 17.6 Å². The minimum atomic E-state index is -0.576. The van der Waals surface area contributed by atoms with Crippen LogP contribution in [0.4, 0.5) is 0 Å². The molecule has 1 aliphatic rings. The second-order valence-electron chi connectivity index (χ2n) is 5.05. The molecule has 2 atom stereocenters. The Kier molecular flexibility index (Phi) is 4.04. The molecule has 0 radical (unpaired) electrons. The highest BCUT2D eigenvalue weighted by molar-refractivity contribution is 6.30. The molecule has 3 rings (SSSR count). The maximum Gasteiger partial charge on any atom is 0.127 e. The van der Waals surface area contributed by atoms with Gasteiger partial charge in [0.15, 0.2) is 0 Å². The van der Waals surface area contributed by atoms with Crippen molar-refractivity contribution >= 4 is 11.6 Å². The van der Waals surface area contributed by atoms with Crippen LogP contribution in [0.1, 0.15) is 36.7 Å². The predicted octanol–water partition coefficient (Wildman–Crippen LogP) is 4.30. The number of ether oxygens (including phenoxy) is 2. The number of fused-ring (bicyclic) bond motifs is 1. The molecule has 1 heterocycles. The van der Waals surface area contributed by atoms with Crippen molar-refractivity contribution in [3.63, 3.8) is 0 Å². The van der Waals surface area contributed by atoms with Crippen molar-refractivity contribution < 1.29 is 14.6 Å². The zero-order chi connectivity index (χ0) is 14.8. The standard InChI is InChI=1S/C17H17ClO3/c1-2-20-13-5-3-4-11(8-13)17-10-15(19)14-9-12(18)6-7-16(14)21-17/h3-9,15,17,19H,2,10H2,1H3/t15-,17?/m0/s1. The van der Waals surface area contributed by atoms with E-state index in [1.807, 2.05) is 31.2 Å². The topological polar surface area (TPSA) is 38.7 Å². The second kappa shape index (κ2) is 5.96. The Morgan fingerprint density at radius 2 is 2.14 bits per heavy atom. The number of aliphatic hydroxyl groups is 1. The van der Waals surface area contributed by atoms with E-state index < -0.39 is 6.10 Å². The van der Waals surface area contributed by atoms with Crippen molar-refractivity contribution in [1.29, 1.82) is 0 Å². The molecule has 0 saturated heterocycles. The summed E-state index contributed by atoms with van der Waals surface area (Å²) < 4.78 is 11.5. The van der Waals surface area contributed by atoms with Crippen LogP contribution in [0.5, 0.6) is 11.5 Å². The first-order valence-corrected chi connectivity index (χ1v) is 7.42. The molecule has 110 valence electrons. The summed E-state index contributed by atoms with van der Waals surface area (Å²) in [6, 6.07) is 13.1. The Morgan fingerprint density at radius 1 is 1.29 bits per heavy atom. The van der Waals surface area contributed by atoms with Crippen molar-refractivity contribution in [1.82, 2.24) is 0 Å². The van der Waals surface area contributed by atoms with E-state index in [0.717, 1.165) is 16.9 Å². The van der Waals surface area contributed by atoms with Gasteiger partial charge in [0.25, 0.3) is 0 Å². The Balaban J connectivity index is 1.88. The molecule has 3 nitrogen and oxygen atoms in total. The van der Waals surface area contributed by atoms with E-state index in [2.05, 4.69) is 0 Å². The van der Waals surface area contributed by atoms with Gasteiger partial charge in [-0.2, -0.15) is 0 Å². The molecular weight excluding hydrogens is 288 g/mol. The molecule has 0 aromatic heterocycles. The van der Waals surface area contributed by atoms with E-state index >= 15 is 0 Å². The average molecular weight is 305 g/mol. The highest BCUT2D eigenvalue weighted by Gasteiger charge is 2.28. The fourth-order valence-corrected chi connectivity index (χ4v) is 2.77. The molecule has 0 aliphatic carbocycles. The first-order chi connectivity index (χ1) is 10.2. The summed E-state index contributed by atoms with van der Waals surface area (Å²) in [6.45, 7) is 2.58. The van der Waals surface area contributed by atoms with Crippen LogP contribution in [0, 0.1) is 0 Å². The van der Waals surface area contributed by atoms with Crippen LogP contribution in [-0.2, 0) is 0 Å². The molecule has 0 fully saturated rings. The molecule has 0 saturated carbocycles. The summed E-state index contributed by atoms with van der Waals surface area (Å²) >= 11 is 5.97. The molecule has 2 aromatic rings. The lowest BCUT2D eigenvalue weighted by Gasteiger charge is -2.30. The number of aliphatic hydroxyl groups excluding tert-OH is 1. The van der Waals surface area contributed by atoms with Gasteiger partial charge in [0, 0.05) is 17.0 Å². The number of rotatable bonds is 3. The van der Waals surface area contributed by atoms with Gasteiger partial charge in [0.05, 0.1) is 12.7 Å². The van der Waals surface area contributed by atoms with Crippen molar-refractivity contribution in [2.45, 2.75) is 25.6 Å². The van der Waals surface area contributed by atoms with E-state index in [-0.39, 0.29) is 6.10 Å². The van der Waals surface area contributed by atoms with Crippen LogP contribution < -0.4 is 9.47 Å². The Hall–Kier alpha value is -1.71. The molecular formula is C17H17ClO3. The quantitative estimate of drug-likeness (QED) is 0.919. The maximum atomic E-state index is 10.3. The largest absolute Gasteiger partial charge is 0.494 e. The average Bonchev–Trinajstić information content (AvgIpc) is 2.48. The van der Waals surface area contributed by atoms with Crippen molar-refractivity contribution in [3.8, 4) is 11.5 Å². The molecule has 0 bridgehead atoms. The first kappa shape index (κ1) is 14.2. The van der Waals surface area contributed by atoms with E-state index in [1.54, 1.807) is 18.2 Å². The van der Waals surface area contributed by atoms with Gasteiger partial charge in [-0.3, -0.25) is 0 Å². The molecule has 1 aliphatic heterocycles. The van der Waals surface area contributed by atoms with Crippen molar-refractivity contribution in [2.75, 3.05) is 6.61 Å². The van der Waals surface area contributed by atoms with Crippen LogP contribution in [0.15, 0.2) is 42.5 Å². The summed E-state index contributed by atoms with van der Waals surface area (Å²) in [6.07, 6.45) is -0.259. The van der Waals surface area contributed by atoms with E-state index in [9.17, 15) is 5.11 Å². The molecule has 21 heavy (non-hydrogen) atoms. The van der Waals surface area contributed by atoms with Gasteiger partial charge in [-0.05, 0) is 42.8 Å². The Bertz CT molecular complexity index is 642. The van der Waals surface area contributed by atoms with E-state index in [0.29, 0.717) is 23.8 Å². The Morgan fingerprint density at radius 3 is 2.95 bits per heavy atom. The van der Waals surface area contributed by atoms with Gasteiger partial charge in [-0.25, -0.2) is 0 Å². The molecule has 1 unspecified atom stereocenters. The minimum Gasteiger partial charge on any atom is -0.494 e. The zero-order valence-corrected chi connectivity index (χ0v) is 12.5. The second-order valence-corrected chi connectivity index (χ2v) is 5.48. The number of hydrogen-bond acceptors (Lipinski definition) is 3. The molecule has 0 spiro atoms. The first-order valence-electron chi connectivity index (χ1n) is 7.04. The van der Waals surface area contributed by atoms with E-state index in [4.69, 9.17) is 21.1 Å².